The summed E-state index contributed by atoms with van der Waals surface area (Å²) in [7, 11) is 0. The highest BCUT2D eigenvalue weighted by Gasteiger charge is 2.26. The summed E-state index contributed by atoms with van der Waals surface area (Å²) < 4.78 is 0. The monoisotopic (exact) mass is 416 g/mol. The summed E-state index contributed by atoms with van der Waals surface area (Å²) in [4.78, 5) is 30.9. The van der Waals surface area contributed by atoms with E-state index < -0.39 is 0 Å². The van der Waals surface area contributed by atoms with Crippen LogP contribution < -0.4 is 5.73 Å². The van der Waals surface area contributed by atoms with Crippen molar-refractivity contribution < 1.29 is 4.79 Å². The van der Waals surface area contributed by atoms with Gasteiger partial charge in [0.05, 0.1) is 11.9 Å². The van der Waals surface area contributed by atoms with Crippen LogP contribution in [0.5, 0.6) is 0 Å². The molecular formula is C24H28N6O. The normalized spacial score (nSPS) is 19.7. The highest BCUT2D eigenvalue weighted by atomic mass is 16.2. The van der Waals surface area contributed by atoms with Crippen molar-refractivity contribution in [3.8, 4) is 11.4 Å². The number of aromatic nitrogens is 3. The fourth-order valence-corrected chi connectivity index (χ4v) is 4.69. The van der Waals surface area contributed by atoms with Gasteiger partial charge in [-0.3, -0.25) is 9.69 Å². The number of pyridine rings is 1. The summed E-state index contributed by atoms with van der Waals surface area (Å²) in [5.74, 6) is 1.60. The molecule has 2 saturated heterocycles. The van der Waals surface area contributed by atoms with E-state index in [0.717, 1.165) is 68.5 Å². The first-order chi connectivity index (χ1) is 15.2. The molecule has 2 aromatic heterocycles. The predicted octanol–water partition coefficient (Wildman–Crippen LogP) is 3.08. The van der Waals surface area contributed by atoms with Crippen LogP contribution in [0.3, 0.4) is 0 Å². The van der Waals surface area contributed by atoms with E-state index in [4.69, 9.17) is 15.7 Å². The van der Waals surface area contributed by atoms with Gasteiger partial charge < -0.3 is 10.6 Å². The standard InChI is InChI=1S/C24H28N6O/c25-22-19-10-11-20(26-24(19)28-23(27-22)17-7-2-1-3-8-17)18-9-6-12-29(15-18)16-21(31)30-13-4-5-14-30/h1-3,7-8,10-11,18H,4-6,9,12-16H2,(H2,25,26,27,28). The molecule has 5 rings (SSSR count). The Bertz CT molecular complexity index is 1080. The third-order valence-corrected chi connectivity index (χ3v) is 6.38. The summed E-state index contributed by atoms with van der Waals surface area (Å²) in [5, 5.41) is 0.778. The number of carbonyl (C=O) groups excluding carboxylic acids is 1. The summed E-state index contributed by atoms with van der Waals surface area (Å²) in [6, 6.07) is 13.9. The minimum absolute atomic E-state index is 0.262. The Morgan fingerprint density at radius 2 is 1.77 bits per heavy atom. The lowest BCUT2D eigenvalue weighted by atomic mass is 9.94. The smallest absolute Gasteiger partial charge is 0.236 e. The third-order valence-electron chi connectivity index (χ3n) is 6.38. The number of rotatable bonds is 4. The van der Waals surface area contributed by atoms with E-state index in [1.807, 2.05) is 47.4 Å². The molecule has 0 bridgehead atoms. The molecule has 0 aliphatic carbocycles. The average molecular weight is 417 g/mol. The van der Waals surface area contributed by atoms with E-state index in [0.29, 0.717) is 29.8 Å². The van der Waals surface area contributed by atoms with Gasteiger partial charge in [-0.2, -0.15) is 0 Å². The minimum Gasteiger partial charge on any atom is -0.383 e. The quantitative estimate of drug-likeness (QED) is 0.703. The first kappa shape index (κ1) is 19.9. The molecule has 2 aliphatic heterocycles. The second-order valence-electron chi connectivity index (χ2n) is 8.57. The summed E-state index contributed by atoms with van der Waals surface area (Å²) in [5.41, 5.74) is 8.79. The Morgan fingerprint density at radius 3 is 2.58 bits per heavy atom. The molecule has 31 heavy (non-hydrogen) atoms. The molecule has 2 aliphatic rings. The molecule has 2 N–H and O–H groups in total. The van der Waals surface area contributed by atoms with Crippen LogP contribution in [-0.4, -0.2) is 63.4 Å². The van der Waals surface area contributed by atoms with Gasteiger partial charge in [-0.05, 0) is 44.4 Å². The van der Waals surface area contributed by atoms with Gasteiger partial charge in [-0.25, -0.2) is 15.0 Å². The number of piperidine rings is 1. The van der Waals surface area contributed by atoms with Crippen molar-refractivity contribution in [3.05, 3.63) is 48.2 Å². The van der Waals surface area contributed by atoms with Gasteiger partial charge in [-0.1, -0.05) is 30.3 Å². The number of hydrogen-bond donors (Lipinski definition) is 1. The van der Waals surface area contributed by atoms with Gasteiger partial charge in [-0.15, -0.1) is 0 Å². The van der Waals surface area contributed by atoms with E-state index in [2.05, 4.69) is 9.88 Å². The average Bonchev–Trinajstić information content (AvgIpc) is 3.35. The van der Waals surface area contributed by atoms with E-state index in [1.165, 1.54) is 0 Å². The van der Waals surface area contributed by atoms with Crippen LogP contribution in [0.1, 0.15) is 37.3 Å². The Morgan fingerprint density at radius 1 is 0.968 bits per heavy atom. The van der Waals surface area contributed by atoms with Crippen molar-refractivity contribution in [2.45, 2.75) is 31.6 Å². The third kappa shape index (κ3) is 4.23. The van der Waals surface area contributed by atoms with Crippen LogP contribution >= 0.6 is 0 Å². The van der Waals surface area contributed by atoms with Gasteiger partial charge >= 0.3 is 0 Å². The van der Waals surface area contributed by atoms with Gasteiger partial charge in [0.25, 0.3) is 0 Å². The molecule has 0 spiro atoms. The van der Waals surface area contributed by atoms with Crippen molar-refractivity contribution in [1.82, 2.24) is 24.8 Å². The van der Waals surface area contributed by atoms with Crippen LogP contribution in [0.4, 0.5) is 5.82 Å². The maximum Gasteiger partial charge on any atom is 0.236 e. The number of benzene rings is 1. The van der Waals surface area contributed by atoms with Gasteiger partial charge in [0, 0.05) is 36.8 Å². The molecule has 1 aromatic carbocycles. The van der Waals surface area contributed by atoms with Crippen LogP contribution in [0.25, 0.3) is 22.4 Å². The topological polar surface area (TPSA) is 88.2 Å². The summed E-state index contributed by atoms with van der Waals surface area (Å²) in [6.45, 7) is 4.15. The second-order valence-corrected chi connectivity index (χ2v) is 8.57. The zero-order valence-corrected chi connectivity index (χ0v) is 17.7. The number of amides is 1. The molecule has 2 fully saturated rings. The second kappa shape index (κ2) is 8.59. The Kier molecular flexibility index (Phi) is 5.51. The lowest BCUT2D eigenvalue weighted by Gasteiger charge is -2.33. The Labute approximate surface area is 182 Å². The van der Waals surface area contributed by atoms with Crippen molar-refractivity contribution in [1.29, 1.82) is 0 Å². The van der Waals surface area contributed by atoms with Gasteiger partial charge in [0.15, 0.2) is 11.5 Å². The van der Waals surface area contributed by atoms with Crippen molar-refractivity contribution in [2.24, 2.45) is 0 Å². The Balaban J connectivity index is 1.37. The maximum absolute atomic E-state index is 12.6. The number of anilines is 1. The zero-order chi connectivity index (χ0) is 21.2. The maximum atomic E-state index is 12.6. The molecule has 0 radical (unpaired) electrons. The van der Waals surface area contributed by atoms with Crippen LogP contribution in [0.15, 0.2) is 42.5 Å². The van der Waals surface area contributed by atoms with Gasteiger partial charge in [0.2, 0.25) is 5.91 Å². The molecule has 4 heterocycles. The number of hydrogen-bond acceptors (Lipinski definition) is 6. The van der Waals surface area contributed by atoms with Crippen molar-refractivity contribution in [3.63, 3.8) is 0 Å². The number of nitrogens with zero attached hydrogens (tertiary/aromatic N) is 5. The minimum atomic E-state index is 0.262. The van der Waals surface area contributed by atoms with Crippen LogP contribution in [-0.2, 0) is 4.79 Å². The largest absolute Gasteiger partial charge is 0.383 e. The first-order valence-corrected chi connectivity index (χ1v) is 11.2. The van der Waals surface area contributed by atoms with E-state index in [1.54, 1.807) is 0 Å². The SMILES string of the molecule is Nc1nc(-c2ccccc2)nc2nc(C3CCCN(CC(=O)N4CCCC4)C3)ccc12. The number of likely N-dealkylation sites (tertiary alicyclic amines) is 2. The fraction of sp³-hybridized carbons (Fsp3) is 0.417. The Hall–Kier alpha value is -3.06. The highest BCUT2D eigenvalue weighted by molar-refractivity contribution is 5.87. The van der Waals surface area contributed by atoms with E-state index in [-0.39, 0.29) is 5.91 Å². The number of nitrogen functional groups attached to an aromatic ring is 1. The molecule has 7 heteroatoms. The first-order valence-electron chi connectivity index (χ1n) is 11.2. The number of nitrogens with two attached hydrogens (primary N) is 1. The molecule has 1 unspecified atom stereocenters. The van der Waals surface area contributed by atoms with Crippen molar-refractivity contribution in [2.75, 3.05) is 38.5 Å². The highest BCUT2D eigenvalue weighted by Crippen LogP contribution is 2.29. The fourth-order valence-electron chi connectivity index (χ4n) is 4.69. The van der Waals surface area contributed by atoms with Crippen molar-refractivity contribution >= 4 is 22.8 Å². The van der Waals surface area contributed by atoms with E-state index >= 15 is 0 Å². The lowest BCUT2D eigenvalue weighted by Crippen LogP contribution is -2.43. The summed E-state index contributed by atoms with van der Waals surface area (Å²) in [6.07, 6.45) is 4.40. The number of carbonyl (C=O) groups is 1. The number of fused-ring (bicyclic) bond motifs is 1. The lowest BCUT2D eigenvalue weighted by molar-refractivity contribution is -0.131. The molecule has 160 valence electrons. The van der Waals surface area contributed by atoms with Gasteiger partial charge in [0.1, 0.15) is 5.82 Å². The molecule has 7 nitrogen and oxygen atoms in total. The van der Waals surface area contributed by atoms with Crippen LogP contribution in [0, 0.1) is 0 Å². The van der Waals surface area contributed by atoms with Crippen LogP contribution in [0.2, 0.25) is 0 Å². The zero-order valence-electron chi connectivity index (χ0n) is 17.7. The molecule has 3 aromatic rings. The van der Waals surface area contributed by atoms with E-state index in [9.17, 15) is 4.79 Å². The molecule has 1 atom stereocenters. The molecule has 0 saturated carbocycles. The molecule has 1 amide bonds. The molecular weight excluding hydrogens is 388 g/mol. The predicted molar refractivity (Wildman–Crippen MR) is 121 cm³/mol. The summed E-state index contributed by atoms with van der Waals surface area (Å²) >= 11 is 0.